The van der Waals surface area contributed by atoms with Crippen LogP contribution in [0, 0.1) is 0 Å². The summed E-state index contributed by atoms with van der Waals surface area (Å²) < 4.78 is 10.9. The third kappa shape index (κ3) is 5.71. The molecule has 9 heteroatoms. The number of thioether (sulfide) groups is 1. The summed E-state index contributed by atoms with van der Waals surface area (Å²) in [7, 11) is 1.33. The molecule has 0 aliphatic rings. The molecule has 2 aromatic rings. The quantitative estimate of drug-likeness (QED) is 0.427. The third-order valence-electron chi connectivity index (χ3n) is 3.20. The lowest BCUT2D eigenvalue weighted by atomic mass is 10.1. The largest absolute Gasteiger partial charge is 0.481 e. The summed E-state index contributed by atoms with van der Waals surface area (Å²) in [6, 6.07) is 7.62. The molecule has 0 bridgehead atoms. The Morgan fingerprint density at radius 1 is 1.32 bits per heavy atom. The molecule has 7 nitrogen and oxygen atoms in total. The normalized spacial score (nSPS) is 11.6. The summed E-state index contributed by atoms with van der Waals surface area (Å²) in [6.07, 6.45) is 0.143. The molecule has 25 heavy (non-hydrogen) atoms. The van der Waals surface area contributed by atoms with Crippen molar-refractivity contribution in [3.8, 4) is 5.75 Å². The van der Waals surface area contributed by atoms with Crippen LogP contribution >= 0.6 is 23.1 Å². The Labute approximate surface area is 154 Å². The first-order valence-corrected chi connectivity index (χ1v) is 9.42. The monoisotopic (exact) mass is 381 g/mol. The topological polar surface area (TPSA) is 90.4 Å². The van der Waals surface area contributed by atoms with E-state index in [2.05, 4.69) is 20.3 Å². The average Bonchev–Trinajstić information content (AvgIpc) is 3.07. The first kappa shape index (κ1) is 19.2. The lowest BCUT2D eigenvalue weighted by molar-refractivity contribution is -0.137. The first-order chi connectivity index (χ1) is 12.0. The summed E-state index contributed by atoms with van der Waals surface area (Å²) in [4.78, 5) is 23.4. The van der Waals surface area contributed by atoms with Crippen molar-refractivity contribution in [1.29, 1.82) is 0 Å². The predicted molar refractivity (Wildman–Crippen MR) is 97.2 cm³/mol. The number of nitrogens with one attached hydrogen (secondary N) is 1. The van der Waals surface area contributed by atoms with Crippen molar-refractivity contribution in [2.75, 3.05) is 18.2 Å². The second kappa shape index (κ2) is 9.38. The predicted octanol–water partition coefficient (Wildman–Crippen LogP) is 2.77. The number of methoxy groups -OCH3 is 1. The number of carbonyl (C=O) groups excluding carboxylic acids is 2. The van der Waals surface area contributed by atoms with Gasteiger partial charge in [-0.15, -0.1) is 10.2 Å². The number of hydrogen-bond acceptors (Lipinski definition) is 8. The molecule has 0 spiro atoms. The highest BCUT2D eigenvalue weighted by Gasteiger charge is 2.18. The van der Waals surface area contributed by atoms with Crippen molar-refractivity contribution >= 4 is 40.1 Å². The van der Waals surface area contributed by atoms with Crippen LogP contribution in [0.4, 0.5) is 5.13 Å². The Balaban J connectivity index is 1.90. The number of nitrogens with zero attached hydrogens (tertiary/aromatic N) is 2. The second-order valence-electron chi connectivity index (χ2n) is 4.95. The minimum atomic E-state index is -0.678. The smallest absolute Gasteiger partial charge is 0.316 e. The molecule has 2 rings (SSSR count). The van der Waals surface area contributed by atoms with Crippen LogP contribution in [-0.4, -0.2) is 41.0 Å². The van der Waals surface area contributed by atoms with E-state index in [0.717, 1.165) is 12.0 Å². The van der Waals surface area contributed by atoms with E-state index in [4.69, 9.17) is 4.74 Å². The first-order valence-electron chi connectivity index (χ1n) is 7.62. The molecule has 1 N–H and O–H groups in total. The lowest BCUT2D eigenvalue weighted by Crippen LogP contribution is -2.30. The van der Waals surface area contributed by atoms with Gasteiger partial charge in [0.2, 0.25) is 5.13 Å². The summed E-state index contributed by atoms with van der Waals surface area (Å²) in [5, 5.41) is 10.8. The van der Waals surface area contributed by atoms with Gasteiger partial charge in [-0.25, -0.2) is 0 Å². The van der Waals surface area contributed by atoms with Crippen LogP contribution in [0.5, 0.6) is 5.75 Å². The zero-order valence-corrected chi connectivity index (χ0v) is 15.8. The van der Waals surface area contributed by atoms with Crippen LogP contribution in [0.25, 0.3) is 0 Å². The maximum atomic E-state index is 12.3. The maximum absolute atomic E-state index is 12.3. The molecule has 1 aromatic heterocycles. The highest BCUT2D eigenvalue weighted by molar-refractivity contribution is 8.01. The van der Waals surface area contributed by atoms with Gasteiger partial charge in [-0.05, 0) is 25.0 Å². The molecule has 0 radical (unpaired) electrons. The number of anilines is 1. The molecule has 0 aliphatic carbocycles. The number of ether oxygens (including phenoxy) is 2. The van der Waals surface area contributed by atoms with Gasteiger partial charge in [0, 0.05) is 0 Å². The Hall–Kier alpha value is -2.13. The van der Waals surface area contributed by atoms with Crippen molar-refractivity contribution in [3.05, 3.63) is 29.8 Å². The second-order valence-corrected chi connectivity index (χ2v) is 7.15. The fourth-order valence-corrected chi connectivity index (χ4v) is 3.45. The fourth-order valence-electron chi connectivity index (χ4n) is 1.86. The van der Waals surface area contributed by atoms with Gasteiger partial charge in [0.1, 0.15) is 5.75 Å². The minimum Gasteiger partial charge on any atom is -0.481 e. The summed E-state index contributed by atoms with van der Waals surface area (Å²) in [5.74, 6) is 0.181. The van der Waals surface area contributed by atoms with Crippen molar-refractivity contribution in [2.45, 2.75) is 30.7 Å². The average molecular weight is 381 g/mol. The highest BCUT2D eigenvalue weighted by atomic mass is 32.2. The fraction of sp³-hybridized carbons (Fsp3) is 0.375. The van der Waals surface area contributed by atoms with Crippen LogP contribution in [0.3, 0.4) is 0 Å². The Morgan fingerprint density at radius 2 is 2.08 bits per heavy atom. The molecule has 0 aliphatic heterocycles. The number of benzene rings is 1. The van der Waals surface area contributed by atoms with E-state index >= 15 is 0 Å². The van der Waals surface area contributed by atoms with E-state index in [9.17, 15) is 9.59 Å². The Kier molecular flexibility index (Phi) is 7.20. The van der Waals surface area contributed by atoms with Crippen LogP contribution in [-0.2, 0) is 20.7 Å². The van der Waals surface area contributed by atoms with Gasteiger partial charge in [0.15, 0.2) is 10.4 Å². The number of amides is 1. The molecule has 1 unspecified atom stereocenters. The molecule has 1 aromatic carbocycles. The summed E-state index contributed by atoms with van der Waals surface area (Å²) >= 11 is 2.40. The number of hydrogen-bond donors (Lipinski definition) is 1. The van der Waals surface area contributed by atoms with Gasteiger partial charge in [-0.2, -0.15) is 0 Å². The molecular weight excluding hydrogens is 362 g/mol. The van der Waals surface area contributed by atoms with Gasteiger partial charge in [-0.1, -0.05) is 48.2 Å². The zero-order valence-electron chi connectivity index (χ0n) is 14.1. The number of rotatable bonds is 8. The van der Waals surface area contributed by atoms with E-state index in [0.29, 0.717) is 15.2 Å². The van der Waals surface area contributed by atoms with Gasteiger partial charge in [0.25, 0.3) is 5.91 Å². The minimum absolute atomic E-state index is 0.145. The molecular formula is C16H19N3O4S2. The molecule has 0 fully saturated rings. The van der Waals surface area contributed by atoms with Crippen molar-refractivity contribution < 1.29 is 19.1 Å². The third-order valence-corrected chi connectivity index (χ3v) is 5.15. The Morgan fingerprint density at radius 3 is 2.80 bits per heavy atom. The van der Waals surface area contributed by atoms with Crippen LogP contribution in [0.2, 0.25) is 0 Å². The molecule has 1 atom stereocenters. The van der Waals surface area contributed by atoms with Crippen molar-refractivity contribution in [2.24, 2.45) is 0 Å². The van der Waals surface area contributed by atoms with E-state index in [-0.39, 0.29) is 17.6 Å². The Bertz CT molecular complexity index is 736. The van der Waals surface area contributed by atoms with E-state index in [1.54, 1.807) is 6.92 Å². The molecule has 1 amide bonds. The molecule has 1 heterocycles. The van der Waals surface area contributed by atoms with Crippen molar-refractivity contribution in [1.82, 2.24) is 10.2 Å². The lowest BCUT2D eigenvalue weighted by Gasteiger charge is -2.15. The molecule has 0 saturated heterocycles. The maximum Gasteiger partial charge on any atom is 0.316 e. The van der Waals surface area contributed by atoms with Crippen LogP contribution in [0.15, 0.2) is 28.6 Å². The summed E-state index contributed by atoms with van der Waals surface area (Å²) in [5.41, 5.74) is 1.04. The van der Waals surface area contributed by atoms with E-state index in [1.165, 1.54) is 30.2 Å². The van der Waals surface area contributed by atoms with Gasteiger partial charge in [-0.3, -0.25) is 14.9 Å². The van der Waals surface area contributed by atoms with E-state index in [1.807, 2.05) is 31.2 Å². The number of aryl methyl sites for hydroxylation is 1. The number of carbonyl (C=O) groups is 2. The zero-order chi connectivity index (χ0) is 18.2. The number of esters is 1. The highest BCUT2D eigenvalue weighted by Crippen LogP contribution is 2.26. The molecule has 134 valence electrons. The SMILES string of the molecule is CCc1ccccc1OC(C)C(=O)Nc1nnc(SCC(=O)OC)s1. The van der Waals surface area contributed by atoms with Crippen LogP contribution < -0.4 is 10.1 Å². The van der Waals surface area contributed by atoms with Gasteiger partial charge in [0.05, 0.1) is 12.9 Å². The summed E-state index contributed by atoms with van der Waals surface area (Å²) in [6.45, 7) is 3.71. The standard InChI is InChI=1S/C16H19N3O4S2/c1-4-11-7-5-6-8-12(11)23-10(2)14(21)17-15-18-19-16(25-15)24-9-13(20)22-3/h5-8,10H,4,9H2,1-3H3,(H,17,18,21). The van der Waals surface area contributed by atoms with Gasteiger partial charge < -0.3 is 9.47 Å². The number of para-hydroxylation sites is 1. The van der Waals surface area contributed by atoms with Crippen molar-refractivity contribution in [3.63, 3.8) is 0 Å². The van der Waals surface area contributed by atoms with Crippen LogP contribution in [0.1, 0.15) is 19.4 Å². The number of aromatic nitrogens is 2. The van der Waals surface area contributed by atoms with E-state index < -0.39 is 6.10 Å². The molecule has 0 saturated carbocycles. The van der Waals surface area contributed by atoms with Gasteiger partial charge >= 0.3 is 5.97 Å².